The van der Waals surface area contributed by atoms with Gasteiger partial charge < -0.3 is 35.1 Å². The highest BCUT2D eigenvalue weighted by molar-refractivity contribution is 6.34. The van der Waals surface area contributed by atoms with Crippen LogP contribution in [0.2, 0.25) is 5.02 Å². The third-order valence-corrected chi connectivity index (χ3v) is 9.57. The number of rotatable bonds is 13. The van der Waals surface area contributed by atoms with Crippen LogP contribution in [-0.4, -0.2) is 112 Å². The summed E-state index contributed by atoms with van der Waals surface area (Å²) in [5.74, 6) is -3.12. The summed E-state index contributed by atoms with van der Waals surface area (Å²) in [5, 5.41) is 6.98. The van der Waals surface area contributed by atoms with Crippen LogP contribution in [0.25, 0.3) is 22.4 Å². The van der Waals surface area contributed by atoms with Gasteiger partial charge in [-0.25, -0.2) is 13.8 Å². The van der Waals surface area contributed by atoms with Gasteiger partial charge in [0.15, 0.2) is 23.3 Å². The lowest BCUT2D eigenvalue weighted by Crippen LogP contribution is -2.52. The van der Waals surface area contributed by atoms with Crippen LogP contribution in [0.15, 0.2) is 42.7 Å². The van der Waals surface area contributed by atoms with E-state index >= 15 is 8.78 Å². The topological polar surface area (TPSA) is 144 Å². The van der Waals surface area contributed by atoms with Gasteiger partial charge in [0.25, 0.3) is 11.8 Å². The number of nitrogen functional groups attached to an aromatic ring is 1. The van der Waals surface area contributed by atoms with E-state index in [4.69, 9.17) is 22.1 Å². The van der Waals surface area contributed by atoms with E-state index in [2.05, 4.69) is 20.3 Å². The number of anilines is 2. The number of nitrogens with two attached hydrogens (primary N) is 1. The second kappa shape index (κ2) is 16.7. The zero-order valence-corrected chi connectivity index (χ0v) is 30.7. The molecule has 52 heavy (non-hydrogen) atoms. The van der Waals surface area contributed by atoms with E-state index in [-0.39, 0.29) is 62.3 Å². The summed E-state index contributed by atoms with van der Waals surface area (Å²) in [6, 6.07) is 7.33. The second-order valence-corrected chi connectivity index (χ2v) is 13.4. The molecule has 4 aromatic rings. The first-order chi connectivity index (χ1) is 24.8. The molecule has 3 amide bonds. The normalized spacial score (nSPS) is 13.9. The minimum Gasteiger partial charge on any atom is -0.383 e. The number of halogens is 3. The number of carbonyl (C=O) groups excluding carboxylic acids is 3. The SMILES string of the molecule is CCC(CCN(C)C)C(=O)N1CCN(C(=O)c2ccc(NC(=O)c3ncc(-c4ccc(-c5cn(CCOC)nc5N)c(F)c4F)n3C)cc2Cl)CC1. The summed E-state index contributed by atoms with van der Waals surface area (Å²) in [4.78, 5) is 49.4. The Morgan fingerprint density at radius 2 is 1.71 bits per heavy atom. The molecular weight excluding hydrogens is 696 g/mol. The van der Waals surface area contributed by atoms with Gasteiger partial charge in [-0.3, -0.25) is 19.1 Å². The third kappa shape index (κ3) is 8.27. The number of methoxy groups -OCH3 is 1. The van der Waals surface area contributed by atoms with Gasteiger partial charge >= 0.3 is 0 Å². The Bertz CT molecular complexity index is 1940. The molecule has 2 aromatic heterocycles. The molecule has 3 heterocycles. The van der Waals surface area contributed by atoms with Gasteiger partial charge in [-0.05, 0) is 57.7 Å². The third-order valence-electron chi connectivity index (χ3n) is 9.26. The molecule has 3 N–H and O–H groups in total. The zero-order chi connectivity index (χ0) is 37.7. The van der Waals surface area contributed by atoms with Crippen LogP contribution in [0.5, 0.6) is 0 Å². The van der Waals surface area contributed by atoms with Crippen LogP contribution >= 0.6 is 11.6 Å². The Labute approximate surface area is 306 Å². The van der Waals surface area contributed by atoms with Gasteiger partial charge in [-0.15, -0.1) is 0 Å². The molecule has 13 nitrogen and oxygen atoms in total. The number of benzene rings is 2. The number of hydrogen-bond donors (Lipinski definition) is 2. The van der Waals surface area contributed by atoms with Crippen molar-refractivity contribution < 1.29 is 27.9 Å². The number of imidazole rings is 1. The highest BCUT2D eigenvalue weighted by Crippen LogP contribution is 2.34. The fourth-order valence-corrected chi connectivity index (χ4v) is 6.46. The quantitative estimate of drug-likeness (QED) is 0.202. The van der Waals surface area contributed by atoms with Gasteiger partial charge in [0, 0.05) is 74.8 Å². The summed E-state index contributed by atoms with van der Waals surface area (Å²) in [5.41, 5.74) is 6.79. The molecule has 1 aliphatic rings. The van der Waals surface area contributed by atoms with E-state index < -0.39 is 17.5 Å². The van der Waals surface area contributed by atoms with Crippen molar-refractivity contribution in [2.75, 3.05) is 71.6 Å². The number of amides is 3. The van der Waals surface area contributed by atoms with Gasteiger partial charge in [0.1, 0.15) is 0 Å². The Balaban J connectivity index is 1.23. The predicted octanol–water partition coefficient (Wildman–Crippen LogP) is 4.63. The minimum absolute atomic E-state index is 0.0434. The highest BCUT2D eigenvalue weighted by atomic mass is 35.5. The molecule has 0 bridgehead atoms. The maximum Gasteiger partial charge on any atom is 0.291 e. The number of ether oxygens (including phenoxy) is 1. The van der Waals surface area contributed by atoms with Gasteiger partial charge in [0.2, 0.25) is 5.91 Å². The first-order valence-corrected chi connectivity index (χ1v) is 17.4. The molecule has 1 unspecified atom stereocenters. The number of aromatic nitrogens is 4. The highest BCUT2D eigenvalue weighted by Gasteiger charge is 2.29. The Hall–Kier alpha value is -4.86. The molecule has 0 spiro atoms. The van der Waals surface area contributed by atoms with Crippen molar-refractivity contribution in [1.29, 1.82) is 0 Å². The largest absolute Gasteiger partial charge is 0.383 e. The van der Waals surface area contributed by atoms with Gasteiger partial charge in [0.05, 0.1) is 35.6 Å². The van der Waals surface area contributed by atoms with Gasteiger partial charge in [-0.1, -0.05) is 24.6 Å². The van der Waals surface area contributed by atoms with E-state index in [1.54, 1.807) is 11.0 Å². The van der Waals surface area contributed by atoms with Crippen molar-refractivity contribution in [2.24, 2.45) is 13.0 Å². The summed E-state index contributed by atoms with van der Waals surface area (Å²) >= 11 is 6.53. The zero-order valence-electron chi connectivity index (χ0n) is 30.0. The molecule has 1 atom stereocenters. The van der Waals surface area contributed by atoms with Crippen molar-refractivity contribution in [1.82, 2.24) is 34.0 Å². The molecule has 2 aromatic carbocycles. The molecule has 1 fully saturated rings. The first-order valence-electron chi connectivity index (χ1n) is 17.0. The van der Waals surface area contributed by atoms with E-state index in [1.165, 1.54) is 60.1 Å². The summed E-state index contributed by atoms with van der Waals surface area (Å²) < 4.78 is 38.7. The Morgan fingerprint density at radius 3 is 2.37 bits per heavy atom. The molecule has 1 aliphatic heterocycles. The van der Waals surface area contributed by atoms with Crippen molar-refractivity contribution in [2.45, 2.75) is 26.3 Å². The van der Waals surface area contributed by atoms with Crippen molar-refractivity contribution in [3.63, 3.8) is 0 Å². The van der Waals surface area contributed by atoms with Crippen molar-refractivity contribution >= 4 is 40.8 Å². The maximum atomic E-state index is 15.5. The monoisotopic (exact) mass is 739 g/mol. The number of carbonyl (C=O) groups is 3. The van der Waals surface area contributed by atoms with E-state index in [0.717, 1.165) is 19.4 Å². The lowest BCUT2D eigenvalue weighted by atomic mass is 10.00. The standard InChI is InChI=1S/C36H44ClF2N9O4/c1-6-22(11-12-44(2)3)35(50)46-13-15-47(16-14-46)36(51)25-8-7-23(19-28(25)37)42-34(49)33-41-20-29(45(33)4)26-10-9-24(30(38)31(26)39)27-21-48(17-18-52-5)43-32(27)40/h7-10,19-22H,6,11-18H2,1-5H3,(H2,40,43)(H,42,49). The molecule has 5 rings (SSSR count). The smallest absolute Gasteiger partial charge is 0.291 e. The fraction of sp³-hybridized carbons (Fsp3) is 0.417. The van der Waals surface area contributed by atoms with E-state index in [9.17, 15) is 14.4 Å². The molecular formula is C36H44ClF2N9O4. The van der Waals surface area contributed by atoms with Crippen LogP contribution < -0.4 is 11.1 Å². The molecule has 16 heteroatoms. The lowest BCUT2D eigenvalue weighted by molar-refractivity contribution is -0.137. The molecule has 1 saturated heterocycles. The molecule has 278 valence electrons. The number of hydrogen-bond acceptors (Lipinski definition) is 8. The van der Waals surface area contributed by atoms with E-state index in [1.807, 2.05) is 25.9 Å². The van der Waals surface area contributed by atoms with Crippen LogP contribution in [-0.2, 0) is 23.1 Å². The van der Waals surface area contributed by atoms with E-state index in [0.29, 0.717) is 45.0 Å². The average Bonchev–Trinajstić information content (AvgIpc) is 3.69. The summed E-state index contributed by atoms with van der Waals surface area (Å²) in [6.07, 6.45) is 4.35. The van der Waals surface area contributed by atoms with Crippen molar-refractivity contribution in [3.8, 4) is 22.4 Å². The Kier molecular flexibility index (Phi) is 12.3. The lowest BCUT2D eigenvalue weighted by Gasteiger charge is -2.36. The van der Waals surface area contributed by atoms with Gasteiger partial charge in [-0.2, -0.15) is 5.10 Å². The predicted molar refractivity (Wildman–Crippen MR) is 195 cm³/mol. The summed E-state index contributed by atoms with van der Waals surface area (Å²) in [6.45, 7) is 5.25. The maximum absolute atomic E-state index is 15.5. The average molecular weight is 740 g/mol. The summed E-state index contributed by atoms with van der Waals surface area (Å²) in [7, 11) is 7.02. The first kappa shape index (κ1) is 38.4. The number of nitrogens with one attached hydrogen (secondary N) is 1. The van der Waals surface area contributed by atoms with Crippen LogP contribution in [0.3, 0.4) is 0 Å². The number of piperazine rings is 1. The van der Waals surface area contributed by atoms with Crippen LogP contribution in [0, 0.1) is 17.6 Å². The fourth-order valence-electron chi connectivity index (χ4n) is 6.20. The van der Waals surface area contributed by atoms with Crippen molar-refractivity contribution in [3.05, 3.63) is 70.8 Å². The minimum atomic E-state index is -1.14. The second-order valence-electron chi connectivity index (χ2n) is 13.0. The molecule has 0 radical (unpaired) electrons. The number of nitrogens with zero attached hydrogens (tertiary/aromatic N) is 7. The van der Waals surface area contributed by atoms with Crippen LogP contribution in [0.1, 0.15) is 40.7 Å². The van der Waals surface area contributed by atoms with Crippen LogP contribution in [0.4, 0.5) is 20.3 Å². The molecule has 0 saturated carbocycles. The Morgan fingerprint density at radius 1 is 1.04 bits per heavy atom. The molecule has 0 aliphatic carbocycles.